The summed E-state index contributed by atoms with van der Waals surface area (Å²) in [6.07, 6.45) is -0.0766. The van der Waals surface area contributed by atoms with Crippen LogP contribution in [-0.4, -0.2) is 39.9 Å². The summed E-state index contributed by atoms with van der Waals surface area (Å²) in [5.41, 5.74) is -0.999. The molecule has 0 radical (unpaired) electrons. The van der Waals surface area contributed by atoms with Crippen molar-refractivity contribution >= 4 is 32.5 Å². The average molecular weight is 525 g/mol. The van der Waals surface area contributed by atoms with Crippen LogP contribution < -0.4 is 4.72 Å². The number of ketones is 1. The van der Waals surface area contributed by atoms with Gasteiger partial charge in [0, 0.05) is 46.9 Å². The molecule has 4 rings (SSSR count). The van der Waals surface area contributed by atoms with Gasteiger partial charge in [0.15, 0.2) is 11.6 Å². The molecule has 0 atom stereocenters. The lowest BCUT2D eigenvalue weighted by Gasteiger charge is -2.11. The van der Waals surface area contributed by atoms with Crippen molar-refractivity contribution in [3.8, 4) is 11.1 Å². The number of fused-ring (bicyclic) bond motifs is 1. The molecular weight excluding hydrogens is 509 g/mol. The lowest BCUT2D eigenvalue weighted by molar-refractivity contribution is -0.145. The molecule has 0 aliphatic heterocycles. The molecule has 188 valence electrons. The Balaban J connectivity index is 1.74. The molecule has 4 aromatic rings. The number of nitrogens with zero attached hydrogens (tertiary/aromatic N) is 3. The fourth-order valence-electron chi connectivity index (χ4n) is 3.41. The summed E-state index contributed by atoms with van der Waals surface area (Å²) in [5.74, 6) is -5.20. The van der Waals surface area contributed by atoms with E-state index in [9.17, 15) is 30.8 Å². The van der Waals surface area contributed by atoms with Crippen LogP contribution in [0.3, 0.4) is 0 Å². The second kappa shape index (κ2) is 9.26. The highest BCUT2D eigenvalue weighted by Crippen LogP contribution is 2.30. The highest BCUT2D eigenvalue weighted by atomic mass is 32.2. The third kappa shape index (κ3) is 4.89. The number of halogens is 5. The predicted octanol–water partition coefficient (Wildman–Crippen LogP) is 4.70. The minimum absolute atomic E-state index is 0.0833. The van der Waals surface area contributed by atoms with Crippen LogP contribution in [0.25, 0.3) is 22.2 Å². The predicted molar refractivity (Wildman–Crippen MR) is 120 cm³/mol. The smallest absolute Gasteiger partial charge is 0.345 e. The van der Waals surface area contributed by atoms with Crippen LogP contribution in [0.5, 0.6) is 0 Å². The van der Waals surface area contributed by atoms with Crippen molar-refractivity contribution in [1.82, 2.24) is 19.9 Å². The number of pyridine rings is 1. The third-order valence-electron chi connectivity index (χ3n) is 5.08. The highest BCUT2D eigenvalue weighted by Gasteiger charge is 2.34. The van der Waals surface area contributed by atoms with Gasteiger partial charge in [0.1, 0.15) is 17.2 Å². The molecule has 3 heterocycles. The summed E-state index contributed by atoms with van der Waals surface area (Å²) in [6.45, 7) is 1.57. The molecule has 1 aromatic carbocycles. The van der Waals surface area contributed by atoms with E-state index in [4.69, 9.17) is 0 Å². The molecule has 0 unspecified atom stereocenters. The Hall–Kier alpha value is -3.94. The van der Waals surface area contributed by atoms with Gasteiger partial charge in [-0.15, -0.1) is 0 Å². The molecule has 0 saturated heterocycles. The second-order valence-corrected chi connectivity index (χ2v) is 9.49. The average Bonchev–Trinajstić information content (AvgIpc) is 3.24. The quantitative estimate of drug-likeness (QED) is 0.267. The van der Waals surface area contributed by atoms with Gasteiger partial charge in [-0.1, -0.05) is 6.92 Å². The Bertz CT molecular complexity index is 1570. The van der Waals surface area contributed by atoms with Gasteiger partial charge in [-0.05, 0) is 24.6 Å². The van der Waals surface area contributed by atoms with Crippen molar-refractivity contribution in [2.75, 3.05) is 10.5 Å². The topological polar surface area (TPSA) is 118 Å². The fourth-order valence-corrected chi connectivity index (χ4v) is 4.55. The Morgan fingerprint density at radius 2 is 1.69 bits per heavy atom. The first-order valence-electron chi connectivity index (χ1n) is 10.3. The molecule has 0 aliphatic carbocycles. The van der Waals surface area contributed by atoms with E-state index in [1.165, 1.54) is 18.5 Å². The number of carbonyl (C=O) groups excluding carboxylic acids is 1. The SMILES string of the molecule is CCCS(=O)(=O)Nc1c(F)ccc(C(=O)c2c[nH]c3ncc(-c4cnc(C(F)(F)F)nc4)cc23)c1F. The number of H-pyrrole nitrogens is 1. The van der Waals surface area contributed by atoms with E-state index in [1.807, 2.05) is 4.72 Å². The van der Waals surface area contributed by atoms with Gasteiger partial charge in [0.2, 0.25) is 15.8 Å². The molecule has 0 bridgehead atoms. The number of rotatable bonds is 7. The van der Waals surface area contributed by atoms with E-state index >= 15 is 4.39 Å². The van der Waals surface area contributed by atoms with Gasteiger partial charge in [0.05, 0.1) is 11.3 Å². The number of hydrogen-bond donors (Lipinski definition) is 2. The fraction of sp³-hybridized carbons (Fsp3) is 0.182. The third-order valence-corrected chi connectivity index (χ3v) is 6.54. The number of carbonyl (C=O) groups is 1. The van der Waals surface area contributed by atoms with Crippen LogP contribution in [0, 0.1) is 11.6 Å². The number of aromatic amines is 1. The van der Waals surface area contributed by atoms with Crippen LogP contribution in [0.15, 0.2) is 43.0 Å². The second-order valence-electron chi connectivity index (χ2n) is 7.65. The largest absolute Gasteiger partial charge is 0.451 e. The molecule has 0 saturated carbocycles. The van der Waals surface area contributed by atoms with E-state index in [2.05, 4.69) is 19.9 Å². The van der Waals surface area contributed by atoms with Crippen LogP contribution in [-0.2, 0) is 16.2 Å². The maximum Gasteiger partial charge on any atom is 0.451 e. The summed E-state index contributed by atoms with van der Waals surface area (Å²) in [6, 6.07) is 3.06. The van der Waals surface area contributed by atoms with E-state index in [0.29, 0.717) is 0 Å². The Labute approximate surface area is 200 Å². The molecular formula is C22H16F5N5O3S. The standard InChI is InChI=1S/C22H16F5N5O3S/c1-2-5-36(34,35)32-18-16(23)4-3-13(17(18)24)19(33)15-10-29-20-14(15)6-11(7-28-20)12-8-30-21(31-9-12)22(25,26)27/h3-4,6-10,32H,2,5H2,1H3,(H,28,29). The molecule has 0 amide bonds. The van der Waals surface area contributed by atoms with Gasteiger partial charge in [-0.25, -0.2) is 32.2 Å². The number of aromatic nitrogens is 4. The van der Waals surface area contributed by atoms with E-state index in [-0.39, 0.29) is 39.9 Å². The maximum atomic E-state index is 15.1. The summed E-state index contributed by atoms with van der Waals surface area (Å²) >= 11 is 0. The van der Waals surface area contributed by atoms with E-state index < -0.39 is 50.7 Å². The summed E-state index contributed by atoms with van der Waals surface area (Å²) < 4.78 is 93.4. The van der Waals surface area contributed by atoms with Crippen molar-refractivity contribution in [2.45, 2.75) is 19.5 Å². The number of sulfonamides is 1. The lowest BCUT2D eigenvalue weighted by atomic mass is 10.0. The van der Waals surface area contributed by atoms with Crippen molar-refractivity contribution in [3.63, 3.8) is 0 Å². The molecule has 8 nitrogen and oxygen atoms in total. The first-order valence-corrected chi connectivity index (χ1v) is 12.0. The molecule has 0 fully saturated rings. The number of nitrogens with one attached hydrogen (secondary N) is 2. The van der Waals surface area contributed by atoms with Gasteiger partial charge < -0.3 is 4.98 Å². The Morgan fingerprint density at radius 3 is 2.33 bits per heavy atom. The monoisotopic (exact) mass is 525 g/mol. The molecule has 0 spiro atoms. The minimum atomic E-state index is -4.72. The minimum Gasteiger partial charge on any atom is -0.345 e. The number of benzene rings is 1. The molecule has 2 N–H and O–H groups in total. The number of anilines is 1. The first kappa shape index (κ1) is 25.2. The normalized spacial score (nSPS) is 12.2. The van der Waals surface area contributed by atoms with Crippen LogP contribution in [0.1, 0.15) is 35.1 Å². The van der Waals surface area contributed by atoms with Crippen LogP contribution in [0.4, 0.5) is 27.6 Å². The summed E-state index contributed by atoms with van der Waals surface area (Å²) in [7, 11) is -4.05. The van der Waals surface area contributed by atoms with Crippen molar-refractivity contribution < 1.29 is 35.2 Å². The van der Waals surface area contributed by atoms with Crippen LogP contribution >= 0.6 is 0 Å². The van der Waals surface area contributed by atoms with Crippen molar-refractivity contribution in [3.05, 3.63) is 71.6 Å². The number of hydrogen-bond acceptors (Lipinski definition) is 6. The van der Waals surface area contributed by atoms with Gasteiger partial charge in [-0.3, -0.25) is 9.52 Å². The first-order chi connectivity index (χ1) is 16.9. The molecule has 36 heavy (non-hydrogen) atoms. The van der Waals surface area contributed by atoms with Gasteiger partial charge in [-0.2, -0.15) is 13.2 Å². The lowest BCUT2D eigenvalue weighted by Crippen LogP contribution is -2.19. The Kier molecular flexibility index (Phi) is 6.47. The number of alkyl halides is 3. The molecule has 0 aliphatic rings. The van der Waals surface area contributed by atoms with E-state index in [1.54, 1.807) is 6.92 Å². The van der Waals surface area contributed by atoms with Crippen molar-refractivity contribution in [2.24, 2.45) is 0 Å². The molecule has 3 aromatic heterocycles. The van der Waals surface area contributed by atoms with Gasteiger partial charge in [0.25, 0.3) is 0 Å². The van der Waals surface area contributed by atoms with Crippen molar-refractivity contribution in [1.29, 1.82) is 0 Å². The summed E-state index contributed by atoms with van der Waals surface area (Å²) in [4.78, 5) is 26.6. The van der Waals surface area contributed by atoms with E-state index in [0.717, 1.165) is 24.5 Å². The maximum absolute atomic E-state index is 15.1. The van der Waals surface area contributed by atoms with Gasteiger partial charge >= 0.3 is 6.18 Å². The zero-order valence-electron chi connectivity index (χ0n) is 18.3. The van der Waals surface area contributed by atoms with Crippen LogP contribution in [0.2, 0.25) is 0 Å². The molecule has 14 heteroatoms. The highest BCUT2D eigenvalue weighted by molar-refractivity contribution is 7.92. The zero-order chi connectivity index (χ0) is 26.3. The summed E-state index contributed by atoms with van der Waals surface area (Å²) in [5, 5.41) is 0.189. The zero-order valence-corrected chi connectivity index (χ0v) is 19.1. The Morgan fingerprint density at radius 1 is 1.03 bits per heavy atom.